The Kier molecular flexibility index (Phi) is 3.06. The second-order valence-corrected chi connectivity index (χ2v) is 6.58. The standard InChI is InChI=1S/C15H24N2O2/c1-3-12-13(18)17(9-8-10-4-5-10)15(2,11-6-7-11)14(19)16-12/h10-12H,3-9H2,1-2H3,(H,16,19). The maximum absolute atomic E-state index is 12.6. The molecule has 1 N–H and O–H groups in total. The summed E-state index contributed by atoms with van der Waals surface area (Å²) >= 11 is 0. The third-order valence-electron chi connectivity index (χ3n) is 5.13. The van der Waals surface area contributed by atoms with Gasteiger partial charge < -0.3 is 10.2 Å². The molecular formula is C15H24N2O2. The summed E-state index contributed by atoms with van der Waals surface area (Å²) in [7, 11) is 0. The lowest BCUT2D eigenvalue weighted by Gasteiger charge is -2.46. The van der Waals surface area contributed by atoms with Crippen LogP contribution in [0.5, 0.6) is 0 Å². The van der Waals surface area contributed by atoms with E-state index < -0.39 is 5.54 Å². The van der Waals surface area contributed by atoms with E-state index in [-0.39, 0.29) is 17.9 Å². The minimum absolute atomic E-state index is 0.0669. The number of carbonyl (C=O) groups excluding carboxylic acids is 2. The maximum atomic E-state index is 12.6. The van der Waals surface area contributed by atoms with Crippen molar-refractivity contribution >= 4 is 11.8 Å². The fraction of sp³-hybridized carbons (Fsp3) is 0.867. The van der Waals surface area contributed by atoms with Crippen LogP contribution in [0, 0.1) is 11.8 Å². The van der Waals surface area contributed by atoms with Gasteiger partial charge in [0.1, 0.15) is 11.6 Å². The minimum Gasteiger partial charge on any atom is -0.342 e. The van der Waals surface area contributed by atoms with E-state index in [1.54, 1.807) is 0 Å². The van der Waals surface area contributed by atoms with Crippen molar-refractivity contribution in [2.24, 2.45) is 11.8 Å². The van der Waals surface area contributed by atoms with Gasteiger partial charge in [0.25, 0.3) is 0 Å². The van der Waals surface area contributed by atoms with Crippen molar-refractivity contribution in [2.75, 3.05) is 6.54 Å². The van der Waals surface area contributed by atoms with E-state index in [1.807, 2.05) is 18.7 Å². The maximum Gasteiger partial charge on any atom is 0.246 e. The summed E-state index contributed by atoms with van der Waals surface area (Å²) in [6.45, 7) is 4.69. The molecule has 0 radical (unpaired) electrons. The number of nitrogens with zero attached hydrogens (tertiary/aromatic N) is 1. The Morgan fingerprint density at radius 1 is 1.26 bits per heavy atom. The monoisotopic (exact) mass is 264 g/mol. The molecular weight excluding hydrogens is 240 g/mol. The van der Waals surface area contributed by atoms with E-state index in [9.17, 15) is 9.59 Å². The number of nitrogens with one attached hydrogen (secondary N) is 1. The van der Waals surface area contributed by atoms with Crippen molar-refractivity contribution in [2.45, 2.75) is 64.0 Å². The molecule has 106 valence electrons. The molecule has 1 heterocycles. The molecule has 0 aromatic rings. The smallest absolute Gasteiger partial charge is 0.246 e. The number of amides is 2. The normalized spacial score (nSPS) is 35.5. The van der Waals surface area contributed by atoms with Crippen molar-refractivity contribution in [1.82, 2.24) is 10.2 Å². The summed E-state index contributed by atoms with van der Waals surface area (Å²) in [5, 5.41) is 2.93. The lowest BCUT2D eigenvalue weighted by atomic mass is 9.87. The van der Waals surface area contributed by atoms with Crippen molar-refractivity contribution in [1.29, 1.82) is 0 Å². The second kappa shape index (κ2) is 4.50. The van der Waals surface area contributed by atoms with Gasteiger partial charge in [0.2, 0.25) is 11.8 Å². The van der Waals surface area contributed by atoms with Gasteiger partial charge >= 0.3 is 0 Å². The van der Waals surface area contributed by atoms with E-state index in [2.05, 4.69) is 5.32 Å². The highest BCUT2D eigenvalue weighted by atomic mass is 16.2. The van der Waals surface area contributed by atoms with Crippen LogP contribution in [0.15, 0.2) is 0 Å². The largest absolute Gasteiger partial charge is 0.342 e. The average molecular weight is 264 g/mol. The summed E-state index contributed by atoms with van der Waals surface area (Å²) < 4.78 is 0. The molecule has 2 atom stereocenters. The molecule has 2 aliphatic carbocycles. The van der Waals surface area contributed by atoms with Crippen LogP contribution in [0.4, 0.5) is 0 Å². The Labute approximate surface area is 114 Å². The van der Waals surface area contributed by atoms with Crippen LogP contribution in [-0.4, -0.2) is 34.8 Å². The van der Waals surface area contributed by atoms with Crippen LogP contribution < -0.4 is 5.32 Å². The molecule has 3 rings (SSSR count). The zero-order valence-corrected chi connectivity index (χ0v) is 11.9. The van der Waals surface area contributed by atoms with Crippen LogP contribution in [0.25, 0.3) is 0 Å². The first kappa shape index (κ1) is 12.9. The molecule has 0 aromatic heterocycles. The fourth-order valence-electron chi connectivity index (χ4n) is 3.29. The first-order chi connectivity index (χ1) is 9.07. The molecule has 1 aliphatic heterocycles. The molecule has 4 nitrogen and oxygen atoms in total. The number of carbonyl (C=O) groups is 2. The van der Waals surface area contributed by atoms with Crippen LogP contribution in [0.3, 0.4) is 0 Å². The first-order valence-electron chi connectivity index (χ1n) is 7.69. The van der Waals surface area contributed by atoms with Gasteiger partial charge in [0, 0.05) is 6.54 Å². The third kappa shape index (κ3) is 2.15. The van der Waals surface area contributed by atoms with Crippen molar-refractivity contribution in [3.63, 3.8) is 0 Å². The summed E-state index contributed by atoms with van der Waals surface area (Å²) in [5.41, 5.74) is -0.586. The van der Waals surface area contributed by atoms with Gasteiger partial charge in [-0.1, -0.05) is 19.8 Å². The predicted molar refractivity (Wildman–Crippen MR) is 72.4 cm³/mol. The van der Waals surface area contributed by atoms with Gasteiger partial charge in [-0.05, 0) is 44.4 Å². The minimum atomic E-state index is -0.586. The van der Waals surface area contributed by atoms with Crippen LogP contribution in [-0.2, 0) is 9.59 Å². The zero-order chi connectivity index (χ0) is 13.6. The van der Waals surface area contributed by atoms with Crippen molar-refractivity contribution < 1.29 is 9.59 Å². The SMILES string of the molecule is CCC1NC(=O)C(C)(C2CC2)N(CCC2CC2)C1=O. The molecule has 1 saturated heterocycles. The molecule has 0 aromatic carbocycles. The lowest BCUT2D eigenvalue weighted by molar-refractivity contribution is -0.158. The fourth-order valence-corrected chi connectivity index (χ4v) is 3.29. The molecule has 2 amide bonds. The van der Waals surface area contributed by atoms with Gasteiger partial charge in [0.15, 0.2) is 0 Å². The molecule has 3 fully saturated rings. The molecule has 0 spiro atoms. The summed E-state index contributed by atoms with van der Waals surface area (Å²) in [4.78, 5) is 27.0. The molecule has 3 aliphatic rings. The predicted octanol–water partition coefficient (Wildman–Crippen LogP) is 1.69. The summed E-state index contributed by atoms with van der Waals surface area (Å²) in [6.07, 6.45) is 6.50. The Morgan fingerprint density at radius 3 is 2.47 bits per heavy atom. The number of piperazine rings is 1. The number of rotatable bonds is 5. The van der Waals surface area contributed by atoms with Crippen molar-refractivity contribution in [3.05, 3.63) is 0 Å². The van der Waals surface area contributed by atoms with Gasteiger partial charge in [-0.3, -0.25) is 9.59 Å². The Morgan fingerprint density at radius 2 is 1.95 bits per heavy atom. The van der Waals surface area contributed by atoms with Gasteiger partial charge in [-0.15, -0.1) is 0 Å². The molecule has 2 unspecified atom stereocenters. The first-order valence-corrected chi connectivity index (χ1v) is 7.69. The highest BCUT2D eigenvalue weighted by Crippen LogP contribution is 2.45. The van der Waals surface area contributed by atoms with E-state index in [0.717, 1.165) is 31.7 Å². The Balaban J connectivity index is 1.81. The van der Waals surface area contributed by atoms with Gasteiger partial charge in [-0.25, -0.2) is 0 Å². The summed E-state index contributed by atoms with van der Waals surface area (Å²) in [6, 6.07) is -0.307. The van der Waals surface area contributed by atoms with Crippen molar-refractivity contribution in [3.8, 4) is 0 Å². The molecule has 0 bridgehead atoms. The van der Waals surface area contributed by atoms with E-state index >= 15 is 0 Å². The lowest BCUT2D eigenvalue weighted by Crippen LogP contribution is -2.70. The third-order valence-corrected chi connectivity index (χ3v) is 5.13. The Bertz CT molecular complexity index is 401. The number of hydrogen-bond donors (Lipinski definition) is 1. The van der Waals surface area contributed by atoms with E-state index in [0.29, 0.717) is 12.3 Å². The highest BCUT2D eigenvalue weighted by molar-refractivity contribution is 6.00. The van der Waals surface area contributed by atoms with E-state index in [4.69, 9.17) is 0 Å². The van der Waals surface area contributed by atoms with Crippen LogP contribution in [0.2, 0.25) is 0 Å². The summed E-state index contributed by atoms with van der Waals surface area (Å²) in [5.74, 6) is 1.36. The van der Waals surface area contributed by atoms with Gasteiger partial charge in [0.05, 0.1) is 0 Å². The molecule has 4 heteroatoms. The van der Waals surface area contributed by atoms with Crippen LogP contribution >= 0.6 is 0 Å². The zero-order valence-electron chi connectivity index (χ0n) is 11.9. The highest BCUT2D eigenvalue weighted by Gasteiger charge is 2.56. The Hall–Kier alpha value is -1.06. The van der Waals surface area contributed by atoms with Gasteiger partial charge in [-0.2, -0.15) is 0 Å². The number of hydrogen-bond acceptors (Lipinski definition) is 2. The molecule has 19 heavy (non-hydrogen) atoms. The van der Waals surface area contributed by atoms with E-state index in [1.165, 1.54) is 12.8 Å². The van der Waals surface area contributed by atoms with Crippen LogP contribution in [0.1, 0.15) is 52.4 Å². The quantitative estimate of drug-likeness (QED) is 0.821. The average Bonchev–Trinajstić information content (AvgIpc) is 3.26. The topological polar surface area (TPSA) is 49.4 Å². The second-order valence-electron chi connectivity index (χ2n) is 6.58. The molecule has 2 saturated carbocycles.